The fourth-order valence-electron chi connectivity index (χ4n) is 1.84. The van der Waals surface area contributed by atoms with Crippen LogP contribution in [-0.2, 0) is 6.42 Å². The smallest absolute Gasteiger partial charge is 0.252 e. The van der Waals surface area contributed by atoms with E-state index in [0.29, 0.717) is 18.5 Å². The quantitative estimate of drug-likeness (QED) is 0.787. The minimum absolute atomic E-state index is 0.0462. The third-order valence-corrected chi connectivity index (χ3v) is 3.49. The van der Waals surface area contributed by atoms with Gasteiger partial charge in [-0.3, -0.25) is 9.20 Å². The van der Waals surface area contributed by atoms with Crippen molar-refractivity contribution in [2.45, 2.75) is 6.42 Å². The van der Waals surface area contributed by atoms with Crippen LogP contribution in [0.5, 0.6) is 0 Å². The molecule has 0 fully saturated rings. The van der Waals surface area contributed by atoms with Crippen molar-refractivity contribution >= 4 is 22.9 Å². The van der Waals surface area contributed by atoms with Crippen LogP contribution in [0.2, 0.25) is 0 Å². The van der Waals surface area contributed by atoms with Gasteiger partial charge < -0.3 is 5.32 Å². The molecule has 0 aliphatic carbocycles. The number of rotatable bonds is 4. The topological polar surface area (TPSA) is 59.3 Å². The zero-order chi connectivity index (χ0) is 13.1. The normalized spacial score (nSPS) is 10.7. The van der Waals surface area contributed by atoms with Gasteiger partial charge in [0.15, 0.2) is 5.65 Å². The highest BCUT2D eigenvalue weighted by atomic mass is 32.1. The summed E-state index contributed by atoms with van der Waals surface area (Å²) in [6.45, 7) is 0.546. The molecular formula is C13H12N4OS. The average Bonchev–Trinajstić information content (AvgIpc) is 3.08. The molecule has 6 heteroatoms. The lowest BCUT2D eigenvalue weighted by Crippen LogP contribution is -2.25. The summed E-state index contributed by atoms with van der Waals surface area (Å²) in [5.41, 5.74) is 1.53. The number of amides is 1. The molecular weight excluding hydrogens is 260 g/mol. The van der Waals surface area contributed by atoms with Gasteiger partial charge in [-0.05, 0) is 23.6 Å². The molecule has 0 atom stereocenters. The molecule has 0 aliphatic rings. The standard InChI is InChI=1S/C13H12N4OS/c18-13(10-5-8-19-9-10)14-6-4-12-16-15-11-3-1-2-7-17(11)12/h1-3,5,7-9H,4,6H2,(H,14,18). The average molecular weight is 272 g/mol. The minimum atomic E-state index is -0.0462. The number of pyridine rings is 1. The molecule has 5 nitrogen and oxygen atoms in total. The Hall–Kier alpha value is -2.21. The number of hydrogen-bond donors (Lipinski definition) is 1. The van der Waals surface area contributed by atoms with Gasteiger partial charge in [0, 0.05) is 30.1 Å². The van der Waals surface area contributed by atoms with E-state index in [1.54, 1.807) is 0 Å². The maximum atomic E-state index is 11.8. The summed E-state index contributed by atoms with van der Waals surface area (Å²) in [6, 6.07) is 7.57. The highest BCUT2D eigenvalue weighted by Gasteiger charge is 2.07. The van der Waals surface area contributed by atoms with E-state index in [1.165, 1.54) is 11.3 Å². The van der Waals surface area contributed by atoms with Gasteiger partial charge in [-0.1, -0.05) is 6.07 Å². The van der Waals surface area contributed by atoms with Gasteiger partial charge in [-0.2, -0.15) is 11.3 Å². The number of aromatic nitrogens is 3. The Morgan fingerprint density at radius 3 is 3.11 bits per heavy atom. The third kappa shape index (κ3) is 2.48. The molecule has 1 amide bonds. The van der Waals surface area contributed by atoms with Crippen LogP contribution in [0.3, 0.4) is 0 Å². The summed E-state index contributed by atoms with van der Waals surface area (Å²) in [6.07, 6.45) is 2.58. The number of nitrogens with one attached hydrogen (secondary N) is 1. The van der Waals surface area contributed by atoms with Gasteiger partial charge in [0.1, 0.15) is 5.82 Å². The van der Waals surface area contributed by atoms with Crippen molar-refractivity contribution in [3.63, 3.8) is 0 Å². The molecule has 3 aromatic heterocycles. The minimum Gasteiger partial charge on any atom is -0.352 e. The third-order valence-electron chi connectivity index (χ3n) is 2.80. The predicted molar refractivity (Wildman–Crippen MR) is 73.3 cm³/mol. The first kappa shape index (κ1) is 11.9. The van der Waals surface area contributed by atoms with E-state index in [0.717, 1.165) is 11.5 Å². The Kier molecular flexibility index (Phi) is 3.24. The first-order valence-electron chi connectivity index (χ1n) is 5.93. The second-order valence-corrected chi connectivity index (χ2v) is 4.84. The molecule has 0 bridgehead atoms. The Morgan fingerprint density at radius 2 is 2.26 bits per heavy atom. The molecule has 96 valence electrons. The van der Waals surface area contributed by atoms with E-state index in [9.17, 15) is 4.79 Å². The van der Waals surface area contributed by atoms with E-state index < -0.39 is 0 Å². The van der Waals surface area contributed by atoms with Crippen LogP contribution in [0.25, 0.3) is 5.65 Å². The predicted octanol–water partition coefficient (Wildman–Crippen LogP) is 1.76. The lowest BCUT2D eigenvalue weighted by Gasteiger charge is -2.02. The van der Waals surface area contributed by atoms with Gasteiger partial charge in [0.2, 0.25) is 0 Å². The first-order chi connectivity index (χ1) is 9.34. The van der Waals surface area contributed by atoms with Gasteiger partial charge >= 0.3 is 0 Å². The number of hydrogen-bond acceptors (Lipinski definition) is 4. The van der Waals surface area contributed by atoms with Gasteiger partial charge in [0.25, 0.3) is 5.91 Å². The SMILES string of the molecule is O=C(NCCc1nnc2ccccn12)c1ccsc1. The maximum Gasteiger partial charge on any atom is 0.252 e. The molecule has 3 aromatic rings. The van der Waals surface area contributed by atoms with E-state index in [2.05, 4.69) is 15.5 Å². The zero-order valence-corrected chi connectivity index (χ0v) is 10.9. The Morgan fingerprint density at radius 1 is 1.32 bits per heavy atom. The number of carbonyl (C=O) groups is 1. The van der Waals surface area contributed by atoms with Crippen LogP contribution < -0.4 is 5.32 Å². The van der Waals surface area contributed by atoms with Gasteiger partial charge in [0.05, 0.1) is 0 Å². The fourth-order valence-corrected chi connectivity index (χ4v) is 2.48. The summed E-state index contributed by atoms with van der Waals surface area (Å²) in [7, 11) is 0. The van der Waals surface area contributed by atoms with Crippen LogP contribution >= 0.6 is 11.3 Å². The monoisotopic (exact) mass is 272 g/mol. The lowest BCUT2D eigenvalue weighted by atomic mass is 10.3. The molecule has 19 heavy (non-hydrogen) atoms. The van der Waals surface area contributed by atoms with Crippen LogP contribution in [-0.4, -0.2) is 27.0 Å². The van der Waals surface area contributed by atoms with Crippen LogP contribution in [0.1, 0.15) is 16.2 Å². The number of nitrogens with zero attached hydrogens (tertiary/aromatic N) is 3. The summed E-state index contributed by atoms with van der Waals surface area (Å²) in [5.74, 6) is 0.802. The molecule has 0 aromatic carbocycles. The van der Waals surface area contributed by atoms with Crippen molar-refractivity contribution in [2.75, 3.05) is 6.54 Å². The van der Waals surface area contributed by atoms with Crippen molar-refractivity contribution in [3.05, 3.63) is 52.6 Å². The summed E-state index contributed by atoms with van der Waals surface area (Å²) in [5, 5.41) is 14.8. The Labute approximate surface area is 113 Å². The van der Waals surface area contributed by atoms with Crippen molar-refractivity contribution in [1.82, 2.24) is 19.9 Å². The molecule has 0 saturated carbocycles. The second-order valence-electron chi connectivity index (χ2n) is 4.06. The highest BCUT2D eigenvalue weighted by Crippen LogP contribution is 2.06. The molecule has 0 saturated heterocycles. The van der Waals surface area contributed by atoms with Crippen LogP contribution in [0.15, 0.2) is 41.2 Å². The fraction of sp³-hybridized carbons (Fsp3) is 0.154. The molecule has 0 spiro atoms. The van der Waals surface area contributed by atoms with E-state index in [1.807, 2.05) is 45.6 Å². The van der Waals surface area contributed by atoms with Crippen LogP contribution in [0, 0.1) is 0 Å². The van der Waals surface area contributed by atoms with Crippen LogP contribution in [0.4, 0.5) is 0 Å². The molecule has 0 radical (unpaired) electrons. The summed E-state index contributed by atoms with van der Waals surface area (Å²) < 4.78 is 1.93. The maximum absolute atomic E-state index is 11.8. The Bertz CT molecular complexity index is 690. The summed E-state index contributed by atoms with van der Waals surface area (Å²) >= 11 is 1.51. The molecule has 3 rings (SSSR count). The summed E-state index contributed by atoms with van der Waals surface area (Å²) in [4.78, 5) is 11.8. The Balaban J connectivity index is 1.62. The zero-order valence-electron chi connectivity index (χ0n) is 10.1. The number of thiophene rings is 1. The number of fused-ring (bicyclic) bond motifs is 1. The largest absolute Gasteiger partial charge is 0.352 e. The van der Waals surface area contributed by atoms with E-state index in [4.69, 9.17) is 0 Å². The number of carbonyl (C=O) groups excluding carboxylic acids is 1. The first-order valence-corrected chi connectivity index (χ1v) is 6.88. The van der Waals surface area contributed by atoms with Crippen molar-refractivity contribution in [3.8, 4) is 0 Å². The second kappa shape index (κ2) is 5.19. The molecule has 1 N–H and O–H groups in total. The lowest BCUT2D eigenvalue weighted by molar-refractivity contribution is 0.0954. The molecule has 0 aliphatic heterocycles. The van der Waals surface area contributed by atoms with Crippen molar-refractivity contribution < 1.29 is 4.79 Å². The van der Waals surface area contributed by atoms with Crippen molar-refractivity contribution in [1.29, 1.82) is 0 Å². The van der Waals surface area contributed by atoms with E-state index in [-0.39, 0.29) is 5.91 Å². The van der Waals surface area contributed by atoms with E-state index >= 15 is 0 Å². The van der Waals surface area contributed by atoms with Gasteiger partial charge in [-0.15, -0.1) is 10.2 Å². The van der Waals surface area contributed by atoms with Gasteiger partial charge in [-0.25, -0.2) is 0 Å². The molecule has 0 unspecified atom stereocenters. The van der Waals surface area contributed by atoms with Crippen molar-refractivity contribution in [2.24, 2.45) is 0 Å². The highest BCUT2D eigenvalue weighted by molar-refractivity contribution is 7.08. The molecule has 3 heterocycles.